The number of sulfone groups is 2. The smallest absolute Gasteiger partial charge is 0.175 e. The van der Waals surface area contributed by atoms with E-state index in [4.69, 9.17) is 0 Å². The summed E-state index contributed by atoms with van der Waals surface area (Å²) in [6, 6.07) is 13.0. The van der Waals surface area contributed by atoms with Gasteiger partial charge in [-0.15, -0.1) is 0 Å². The Kier molecular flexibility index (Phi) is 6.44. The summed E-state index contributed by atoms with van der Waals surface area (Å²) in [4.78, 5) is 9.04. The molecule has 0 saturated carbocycles. The van der Waals surface area contributed by atoms with Crippen LogP contribution in [0.4, 0.5) is 0 Å². The molecule has 0 aromatic heterocycles. The van der Waals surface area contributed by atoms with Crippen molar-refractivity contribution in [2.45, 2.75) is 9.79 Å². The summed E-state index contributed by atoms with van der Waals surface area (Å²) in [5.74, 6) is 0. The molecule has 2 aromatic carbocycles. The van der Waals surface area contributed by atoms with Crippen molar-refractivity contribution in [3.05, 3.63) is 59.7 Å². The molecule has 0 amide bonds. The Bertz CT molecular complexity index is 920. The molecule has 0 saturated heterocycles. The summed E-state index contributed by atoms with van der Waals surface area (Å²) in [6.45, 7) is 0.984. The summed E-state index contributed by atoms with van der Waals surface area (Å²) in [5.41, 5.74) is 1.63. The average Bonchev–Trinajstić information content (AvgIpc) is 2.57. The summed E-state index contributed by atoms with van der Waals surface area (Å²) >= 11 is 0. The first-order valence-corrected chi connectivity index (χ1v) is 11.5. The van der Waals surface area contributed by atoms with Crippen LogP contribution in [-0.4, -0.2) is 54.9 Å². The summed E-state index contributed by atoms with van der Waals surface area (Å²) < 4.78 is 45.5. The average molecular weight is 393 g/mol. The van der Waals surface area contributed by atoms with E-state index in [-0.39, 0.29) is 9.79 Å². The highest BCUT2D eigenvalue weighted by atomic mass is 32.2. The molecule has 2 rings (SSSR count). The van der Waals surface area contributed by atoms with Gasteiger partial charge in [-0.2, -0.15) is 0 Å². The summed E-state index contributed by atoms with van der Waals surface area (Å²) in [6.07, 6.45) is 5.68. The minimum Gasteiger partial charge on any atom is -0.291 e. The maximum Gasteiger partial charge on any atom is 0.175 e. The normalized spacial score (nSPS) is 12.8. The lowest BCUT2D eigenvalue weighted by molar-refractivity contribution is 0.600. The highest BCUT2D eigenvalue weighted by Gasteiger charge is 2.05. The molecule has 0 N–H and O–H groups in total. The van der Waals surface area contributed by atoms with E-state index in [2.05, 4.69) is 9.98 Å². The van der Waals surface area contributed by atoms with Crippen LogP contribution >= 0.6 is 0 Å². The van der Waals surface area contributed by atoms with E-state index < -0.39 is 19.7 Å². The molecule has 0 heterocycles. The molecule has 0 bridgehead atoms. The Hall–Kier alpha value is -2.32. The van der Waals surface area contributed by atoms with Crippen molar-refractivity contribution in [1.82, 2.24) is 0 Å². The monoisotopic (exact) mass is 392 g/mol. The summed E-state index contributed by atoms with van der Waals surface area (Å²) in [5, 5.41) is 0. The Labute approximate surface area is 154 Å². The molecule has 0 aliphatic rings. The molecule has 26 heavy (non-hydrogen) atoms. The van der Waals surface area contributed by atoms with Crippen LogP contribution in [0.1, 0.15) is 11.1 Å². The molecule has 8 heteroatoms. The summed E-state index contributed by atoms with van der Waals surface area (Å²) in [7, 11) is -6.37. The highest BCUT2D eigenvalue weighted by molar-refractivity contribution is 7.91. The van der Waals surface area contributed by atoms with E-state index >= 15 is 0 Å². The number of benzene rings is 2. The van der Waals surface area contributed by atoms with Crippen LogP contribution in [0.2, 0.25) is 0 Å². The molecule has 0 aliphatic heterocycles. The Morgan fingerprint density at radius 3 is 1.23 bits per heavy atom. The number of hydrogen-bond acceptors (Lipinski definition) is 6. The predicted molar refractivity (Wildman–Crippen MR) is 104 cm³/mol. The molecular weight excluding hydrogens is 372 g/mol. The lowest BCUT2D eigenvalue weighted by atomic mass is 10.2. The van der Waals surface area contributed by atoms with Crippen molar-refractivity contribution in [3.63, 3.8) is 0 Å². The quantitative estimate of drug-likeness (QED) is 0.532. The third-order valence-electron chi connectivity index (χ3n) is 3.46. The predicted octanol–water partition coefficient (Wildman–Crippen LogP) is 2.03. The van der Waals surface area contributed by atoms with Crippen LogP contribution in [0.25, 0.3) is 0 Å². The zero-order valence-corrected chi connectivity index (χ0v) is 16.2. The molecule has 0 radical (unpaired) electrons. The standard InChI is InChI=1S/C18H20N2O4S2/c1-25(21,22)17-7-3-15(4-8-17)13-19-11-12-20-14-16-5-9-18(10-6-16)26(2,23)24/h3-10,13-14H,11-12H2,1-2H3. The molecule has 0 atom stereocenters. The van der Waals surface area contributed by atoms with Gasteiger partial charge in [0.1, 0.15) is 0 Å². The van der Waals surface area contributed by atoms with Crippen LogP contribution in [0.5, 0.6) is 0 Å². The van der Waals surface area contributed by atoms with Gasteiger partial charge in [-0.3, -0.25) is 9.98 Å². The van der Waals surface area contributed by atoms with E-state index in [1.165, 1.54) is 12.5 Å². The molecular formula is C18H20N2O4S2. The molecule has 6 nitrogen and oxygen atoms in total. The zero-order valence-electron chi connectivity index (χ0n) is 14.5. The van der Waals surface area contributed by atoms with E-state index in [1.807, 2.05) is 0 Å². The van der Waals surface area contributed by atoms with Gasteiger partial charge in [0.25, 0.3) is 0 Å². The molecule has 2 aromatic rings. The maximum atomic E-state index is 11.4. The van der Waals surface area contributed by atoms with Crippen molar-refractivity contribution in [2.24, 2.45) is 9.98 Å². The molecule has 0 spiro atoms. The van der Waals surface area contributed by atoms with Crippen LogP contribution in [-0.2, 0) is 19.7 Å². The van der Waals surface area contributed by atoms with Gasteiger partial charge in [0.2, 0.25) is 0 Å². The van der Waals surface area contributed by atoms with Crippen LogP contribution in [0.15, 0.2) is 68.3 Å². The number of hydrogen-bond donors (Lipinski definition) is 0. The van der Waals surface area contributed by atoms with Gasteiger partial charge in [0, 0.05) is 24.9 Å². The van der Waals surface area contributed by atoms with Crippen molar-refractivity contribution in [1.29, 1.82) is 0 Å². The van der Waals surface area contributed by atoms with Gasteiger partial charge in [-0.05, 0) is 35.4 Å². The minimum absolute atomic E-state index is 0.279. The number of rotatable bonds is 7. The molecule has 0 fully saturated rings. The van der Waals surface area contributed by atoms with E-state index in [9.17, 15) is 16.8 Å². The zero-order chi connectivity index (χ0) is 19.2. The topological polar surface area (TPSA) is 93.0 Å². The fourth-order valence-electron chi connectivity index (χ4n) is 2.06. The van der Waals surface area contributed by atoms with Crippen LogP contribution in [0, 0.1) is 0 Å². The third kappa shape index (κ3) is 6.20. The van der Waals surface area contributed by atoms with Crippen molar-refractivity contribution >= 4 is 32.1 Å². The van der Waals surface area contributed by atoms with Crippen molar-refractivity contribution in [2.75, 3.05) is 25.6 Å². The van der Waals surface area contributed by atoms with Gasteiger partial charge in [0.05, 0.1) is 22.9 Å². The first-order valence-electron chi connectivity index (χ1n) is 7.76. The van der Waals surface area contributed by atoms with Gasteiger partial charge in [-0.25, -0.2) is 16.8 Å². The largest absolute Gasteiger partial charge is 0.291 e. The third-order valence-corrected chi connectivity index (χ3v) is 5.71. The van der Waals surface area contributed by atoms with Gasteiger partial charge in [-0.1, -0.05) is 24.3 Å². The lowest BCUT2D eigenvalue weighted by Crippen LogP contribution is -1.97. The first kappa shape index (κ1) is 20.0. The first-order chi connectivity index (χ1) is 12.2. The van der Waals surface area contributed by atoms with Crippen LogP contribution < -0.4 is 0 Å². The molecule has 138 valence electrons. The minimum atomic E-state index is -3.19. The number of nitrogens with zero attached hydrogens (tertiary/aromatic N) is 2. The Morgan fingerprint density at radius 2 is 0.962 bits per heavy atom. The second-order valence-corrected chi connectivity index (χ2v) is 9.78. The second kappa shape index (κ2) is 8.37. The second-order valence-electron chi connectivity index (χ2n) is 5.75. The van der Waals surface area contributed by atoms with Gasteiger partial charge < -0.3 is 0 Å². The number of aliphatic imine (C=N–C) groups is 2. The van der Waals surface area contributed by atoms with Gasteiger partial charge >= 0.3 is 0 Å². The fraction of sp³-hybridized carbons (Fsp3) is 0.222. The fourth-order valence-corrected chi connectivity index (χ4v) is 3.32. The Morgan fingerprint density at radius 1 is 0.654 bits per heavy atom. The highest BCUT2D eigenvalue weighted by Crippen LogP contribution is 2.10. The van der Waals surface area contributed by atoms with Crippen molar-refractivity contribution < 1.29 is 16.8 Å². The Balaban J connectivity index is 1.84. The van der Waals surface area contributed by atoms with E-state index in [0.717, 1.165) is 11.1 Å². The lowest BCUT2D eigenvalue weighted by Gasteiger charge is -1.99. The van der Waals surface area contributed by atoms with E-state index in [1.54, 1.807) is 61.0 Å². The van der Waals surface area contributed by atoms with Gasteiger partial charge in [0.15, 0.2) is 19.7 Å². The van der Waals surface area contributed by atoms with E-state index in [0.29, 0.717) is 13.1 Å². The molecule has 0 unspecified atom stereocenters. The SMILES string of the molecule is CS(=O)(=O)c1ccc(C=NCCN=Cc2ccc(S(C)(=O)=O)cc2)cc1. The van der Waals surface area contributed by atoms with Crippen LogP contribution in [0.3, 0.4) is 0 Å². The molecule has 0 aliphatic carbocycles. The maximum absolute atomic E-state index is 11.4. The van der Waals surface area contributed by atoms with Crippen molar-refractivity contribution in [3.8, 4) is 0 Å².